The number of carbonyl (C=O) groups is 1. The summed E-state index contributed by atoms with van der Waals surface area (Å²) in [5.41, 5.74) is 8.20. The SMILES string of the molecule is COC(=O)CC1(C)Cn2c(c(C)c3ccccc32)-c2ccc(-c3ccccc3)cc21. The van der Waals surface area contributed by atoms with Crippen molar-refractivity contribution < 1.29 is 9.53 Å². The quantitative estimate of drug-likeness (QED) is 0.391. The van der Waals surface area contributed by atoms with E-state index in [-0.39, 0.29) is 11.4 Å². The van der Waals surface area contributed by atoms with Crippen LogP contribution in [0.25, 0.3) is 33.3 Å². The number of nitrogens with zero attached hydrogens (tertiary/aromatic N) is 1. The standard InChI is InChI=1S/C27H25NO2/c1-18-21-11-7-8-12-24(21)28-17-27(2,16-25(29)30-3)23-15-20(13-14-22(23)26(18)28)19-9-5-4-6-10-19/h4-15H,16-17H2,1-3H3. The largest absolute Gasteiger partial charge is 0.469 e. The van der Waals surface area contributed by atoms with Crippen LogP contribution in [0.4, 0.5) is 0 Å². The molecule has 1 aliphatic rings. The van der Waals surface area contributed by atoms with Gasteiger partial charge in [-0.3, -0.25) is 4.79 Å². The van der Waals surface area contributed by atoms with Gasteiger partial charge in [-0.1, -0.05) is 67.6 Å². The van der Waals surface area contributed by atoms with Crippen molar-refractivity contribution >= 4 is 16.9 Å². The molecular weight excluding hydrogens is 370 g/mol. The first-order valence-corrected chi connectivity index (χ1v) is 10.4. The maximum atomic E-state index is 12.4. The Morgan fingerprint density at radius 3 is 2.50 bits per heavy atom. The van der Waals surface area contributed by atoms with Gasteiger partial charge < -0.3 is 9.30 Å². The fraction of sp³-hybridized carbons (Fsp3) is 0.222. The Hall–Kier alpha value is -3.33. The van der Waals surface area contributed by atoms with E-state index >= 15 is 0 Å². The molecule has 1 aromatic heterocycles. The van der Waals surface area contributed by atoms with Crippen LogP contribution in [0.3, 0.4) is 0 Å². The van der Waals surface area contributed by atoms with Crippen LogP contribution in [0.15, 0.2) is 72.8 Å². The molecule has 5 rings (SSSR count). The Morgan fingerprint density at radius 1 is 1.00 bits per heavy atom. The molecule has 3 nitrogen and oxygen atoms in total. The number of aryl methyl sites for hydroxylation is 1. The molecule has 0 aliphatic carbocycles. The average Bonchev–Trinajstić information content (AvgIpc) is 3.06. The minimum absolute atomic E-state index is 0.176. The van der Waals surface area contributed by atoms with Crippen LogP contribution in [0.2, 0.25) is 0 Å². The van der Waals surface area contributed by atoms with Crippen molar-refractivity contribution in [1.82, 2.24) is 4.57 Å². The minimum atomic E-state index is -0.353. The molecule has 4 aromatic rings. The lowest BCUT2D eigenvalue weighted by Gasteiger charge is -2.37. The summed E-state index contributed by atoms with van der Waals surface area (Å²) in [5, 5.41) is 1.27. The van der Waals surface area contributed by atoms with Crippen molar-refractivity contribution in [3.63, 3.8) is 0 Å². The molecule has 0 amide bonds. The molecule has 0 bridgehead atoms. The van der Waals surface area contributed by atoms with Gasteiger partial charge >= 0.3 is 5.97 Å². The Kier molecular flexibility index (Phi) is 4.28. The van der Waals surface area contributed by atoms with E-state index in [0.29, 0.717) is 6.42 Å². The van der Waals surface area contributed by atoms with Gasteiger partial charge in [-0.15, -0.1) is 0 Å². The summed E-state index contributed by atoms with van der Waals surface area (Å²) < 4.78 is 7.47. The van der Waals surface area contributed by atoms with Crippen LogP contribution < -0.4 is 0 Å². The number of para-hydroxylation sites is 1. The van der Waals surface area contributed by atoms with Gasteiger partial charge in [0.2, 0.25) is 0 Å². The van der Waals surface area contributed by atoms with Crippen LogP contribution in [-0.4, -0.2) is 17.6 Å². The minimum Gasteiger partial charge on any atom is -0.469 e. The van der Waals surface area contributed by atoms with Gasteiger partial charge in [-0.05, 0) is 41.3 Å². The first kappa shape index (κ1) is 18.7. The number of methoxy groups -OCH3 is 1. The Balaban J connectivity index is 1.78. The van der Waals surface area contributed by atoms with Gasteiger partial charge in [0, 0.05) is 28.4 Å². The fourth-order valence-corrected chi connectivity index (χ4v) is 5.02. The topological polar surface area (TPSA) is 31.2 Å². The molecule has 30 heavy (non-hydrogen) atoms. The summed E-state index contributed by atoms with van der Waals surface area (Å²) in [4.78, 5) is 12.4. The third kappa shape index (κ3) is 2.77. The van der Waals surface area contributed by atoms with Crippen LogP contribution in [0.1, 0.15) is 24.5 Å². The third-order valence-corrected chi connectivity index (χ3v) is 6.53. The second-order valence-electron chi connectivity index (χ2n) is 8.52. The van der Waals surface area contributed by atoms with Crippen molar-refractivity contribution in [2.45, 2.75) is 32.2 Å². The van der Waals surface area contributed by atoms with Gasteiger partial charge in [-0.25, -0.2) is 0 Å². The molecule has 1 unspecified atom stereocenters. The zero-order valence-electron chi connectivity index (χ0n) is 17.6. The zero-order chi connectivity index (χ0) is 20.9. The van der Waals surface area contributed by atoms with E-state index in [4.69, 9.17) is 4.74 Å². The van der Waals surface area contributed by atoms with E-state index in [1.165, 1.54) is 51.5 Å². The van der Waals surface area contributed by atoms with Crippen LogP contribution in [-0.2, 0) is 21.5 Å². The average molecular weight is 396 g/mol. The fourth-order valence-electron chi connectivity index (χ4n) is 5.02. The summed E-state index contributed by atoms with van der Waals surface area (Å²) in [5.74, 6) is -0.176. The first-order valence-electron chi connectivity index (χ1n) is 10.4. The second-order valence-corrected chi connectivity index (χ2v) is 8.52. The molecule has 1 atom stereocenters. The normalized spacial score (nSPS) is 17.4. The summed E-state index contributed by atoms with van der Waals surface area (Å²) >= 11 is 0. The lowest BCUT2D eigenvalue weighted by molar-refractivity contribution is -0.142. The monoisotopic (exact) mass is 395 g/mol. The molecule has 3 aromatic carbocycles. The number of fused-ring (bicyclic) bond motifs is 5. The highest BCUT2D eigenvalue weighted by molar-refractivity contribution is 5.94. The summed E-state index contributed by atoms with van der Waals surface area (Å²) in [6, 6.07) is 25.6. The summed E-state index contributed by atoms with van der Waals surface area (Å²) in [7, 11) is 1.47. The van der Waals surface area contributed by atoms with Gasteiger partial charge in [0.05, 0.1) is 19.2 Å². The Bertz CT molecular complexity index is 1270. The van der Waals surface area contributed by atoms with E-state index in [1.807, 2.05) is 6.07 Å². The van der Waals surface area contributed by atoms with E-state index in [9.17, 15) is 4.79 Å². The highest BCUT2D eigenvalue weighted by Gasteiger charge is 2.39. The molecule has 0 saturated carbocycles. The number of hydrogen-bond donors (Lipinski definition) is 0. The number of esters is 1. The predicted molar refractivity (Wildman–Crippen MR) is 122 cm³/mol. The molecule has 0 saturated heterocycles. The smallest absolute Gasteiger partial charge is 0.306 e. The lowest BCUT2D eigenvalue weighted by Crippen LogP contribution is -2.35. The highest BCUT2D eigenvalue weighted by Crippen LogP contribution is 2.47. The van der Waals surface area contributed by atoms with E-state index in [0.717, 1.165) is 6.54 Å². The highest BCUT2D eigenvalue weighted by atomic mass is 16.5. The zero-order valence-corrected chi connectivity index (χ0v) is 17.6. The Morgan fingerprint density at radius 2 is 1.73 bits per heavy atom. The van der Waals surface area contributed by atoms with Crippen molar-refractivity contribution in [1.29, 1.82) is 0 Å². The molecule has 3 heteroatoms. The van der Waals surface area contributed by atoms with Crippen molar-refractivity contribution in [3.8, 4) is 22.4 Å². The van der Waals surface area contributed by atoms with Gasteiger partial charge in [-0.2, -0.15) is 0 Å². The molecule has 0 radical (unpaired) electrons. The second kappa shape index (κ2) is 6.88. The van der Waals surface area contributed by atoms with Gasteiger partial charge in [0.1, 0.15) is 0 Å². The number of rotatable bonds is 3. The molecular formula is C27H25NO2. The third-order valence-electron chi connectivity index (χ3n) is 6.53. The van der Waals surface area contributed by atoms with Crippen molar-refractivity contribution in [2.75, 3.05) is 7.11 Å². The Labute approximate surface area is 176 Å². The maximum absolute atomic E-state index is 12.4. The summed E-state index contributed by atoms with van der Waals surface area (Å²) in [6.45, 7) is 5.13. The lowest BCUT2D eigenvalue weighted by atomic mass is 9.73. The number of ether oxygens (including phenoxy) is 1. The van der Waals surface area contributed by atoms with E-state index in [2.05, 4.69) is 85.1 Å². The maximum Gasteiger partial charge on any atom is 0.306 e. The first-order chi connectivity index (χ1) is 14.5. The molecule has 2 heterocycles. The van der Waals surface area contributed by atoms with Gasteiger partial charge in [0.25, 0.3) is 0 Å². The number of hydrogen-bond acceptors (Lipinski definition) is 2. The van der Waals surface area contributed by atoms with Gasteiger partial charge in [0.15, 0.2) is 0 Å². The number of aromatic nitrogens is 1. The van der Waals surface area contributed by atoms with E-state index in [1.54, 1.807) is 0 Å². The summed E-state index contributed by atoms with van der Waals surface area (Å²) in [6.07, 6.45) is 0.347. The van der Waals surface area contributed by atoms with Crippen LogP contribution >= 0.6 is 0 Å². The molecule has 0 N–H and O–H groups in total. The van der Waals surface area contributed by atoms with Crippen LogP contribution in [0.5, 0.6) is 0 Å². The number of carbonyl (C=O) groups excluding carboxylic acids is 1. The van der Waals surface area contributed by atoms with Crippen molar-refractivity contribution in [2.24, 2.45) is 0 Å². The van der Waals surface area contributed by atoms with E-state index < -0.39 is 0 Å². The molecule has 0 fully saturated rings. The molecule has 150 valence electrons. The molecule has 1 aliphatic heterocycles. The molecule has 0 spiro atoms. The van der Waals surface area contributed by atoms with Crippen LogP contribution in [0, 0.1) is 6.92 Å². The number of benzene rings is 3. The van der Waals surface area contributed by atoms with Crippen molar-refractivity contribution in [3.05, 3.63) is 83.9 Å². The predicted octanol–water partition coefficient (Wildman–Crippen LogP) is 6.12.